The largest absolute Gasteiger partial charge is 0.377 e. The van der Waals surface area contributed by atoms with Crippen molar-refractivity contribution in [3.05, 3.63) is 29.0 Å². The van der Waals surface area contributed by atoms with Crippen LogP contribution in [0.3, 0.4) is 0 Å². The van der Waals surface area contributed by atoms with Gasteiger partial charge in [-0.25, -0.2) is 4.98 Å². The topological polar surface area (TPSA) is 34.1 Å². The minimum absolute atomic E-state index is 0. The lowest BCUT2D eigenvalue weighted by molar-refractivity contribution is 0.114. The second kappa shape index (κ2) is 9.54. The standard InChI is InChI=1S/C14H21ClN2O.ClH/c15-14-7-6-12(10-17-14)11-18-9-3-5-13-4-1-2-8-16-13;/h6-7,10,13,16H,1-5,8-9,11H2;1H. The SMILES string of the molecule is Cl.Clc1ccc(COCCCC2CCCCN2)cn1. The van der Waals surface area contributed by atoms with Gasteiger partial charge in [0.2, 0.25) is 0 Å². The lowest BCUT2D eigenvalue weighted by Gasteiger charge is -2.23. The molecule has 0 aromatic carbocycles. The Labute approximate surface area is 126 Å². The zero-order valence-electron chi connectivity index (χ0n) is 11.1. The molecular formula is C14H22Cl2N2O. The Morgan fingerprint density at radius 3 is 2.95 bits per heavy atom. The van der Waals surface area contributed by atoms with Gasteiger partial charge in [-0.15, -0.1) is 12.4 Å². The van der Waals surface area contributed by atoms with Gasteiger partial charge >= 0.3 is 0 Å². The molecule has 1 aromatic heterocycles. The minimum atomic E-state index is 0. The first-order chi connectivity index (χ1) is 8.84. The number of pyridine rings is 1. The normalized spacial score (nSPS) is 18.9. The molecule has 2 heterocycles. The smallest absolute Gasteiger partial charge is 0.129 e. The van der Waals surface area contributed by atoms with Crippen LogP contribution in [0.15, 0.2) is 18.3 Å². The summed E-state index contributed by atoms with van der Waals surface area (Å²) in [5.74, 6) is 0. The molecule has 1 unspecified atom stereocenters. The summed E-state index contributed by atoms with van der Waals surface area (Å²) in [4.78, 5) is 4.03. The van der Waals surface area contributed by atoms with E-state index in [9.17, 15) is 0 Å². The molecule has 0 spiro atoms. The number of rotatable bonds is 6. The summed E-state index contributed by atoms with van der Waals surface area (Å²) in [5.41, 5.74) is 1.08. The van der Waals surface area contributed by atoms with Gasteiger partial charge < -0.3 is 10.1 Å². The van der Waals surface area contributed by atoms with Gasteiger partial charge in [0.15, 0.2) is 0 Å². The second-order valence-electron chi connectivity index (χ2n) is 4.83. The Bertz CT molecular complexity index is 340. The van der Waals surface area contributed by atoms with Crippen molar-refractivity contribution in [3.63, 3.8) is 0 Å². The van der Waals surface area contributed by atoms with Crippen LogP contribution in [-0.4, -0.2) is 24.2 Å². The van der Waals surface area contributed by atoms with Gasteiger partial charge in [-0.05, 0) is 43.9 Å². The molecule has 1 aliphatic heterocycles. The number of ether oxygens (including phenoxy) is 1. The van der Waals surface area contributed by atoms with Gasteiger partial charge in [0, 0.05) is 18.8 Å². The summed E-state index contributed by atoms with van der Waals surface area (Å²) in [6, 6.07) is 4.46. The van der Waals surface area contributed by atoms with Gasteiger partial charge in [-0.3, -0.25) is 0 Å². The fourth-order valence-electron chi connectivity index (χ4n) is 2.28. The molecule has 2 rings (SSSR count). The van der Waals surface area contributed by atoms with E-state index in [1.165, 1.54) is 32.2 Å². The van der Waals surface area contributed by atoms with Crippen molar-refractivity contribution in [2.24, 2.45) is 0 Å². The summed E-state index contributed by atoms with van der Waals surface area (Å²) in [6.07, 6.45) is 8.13. The number of nitrogens with zero attached hydrogens (tertiary/aromatic N) is 1. The highest BCUT2D eigenvalue weighted by atomic mass is 35.5. The molecule has 1 aliphatic rings. The number of nitrogens with one attached hydrogen (secondary N) is 1. The Morgan fingerprint density at radius 2 is 2.26 bits per heavy atom. The minimum Gasteiger partial charge on any atom is -0.377 e. The molecule has 19 heavy (non-hydrogen) atoms. The summed E-state index contributed by atoms with van der Waals surface area (Å²) >= 11 is 5.72. The highest BCUT2D eigenvalue weighted by Gasteiger charge is 2.11. The van der Waals surface area contributed by atoms with E-state index in [1.54, 1.807) is 12.3 Å². The Kier molecular flexibility index (Phi) is 8.38. The van der Waals surface area contributed by atoms with Crippen LogP contribution in [0.2, 0.25) is 5.15 Å². The molecule has 1 N–H and O–H groups in total. The fourth-order valence-corrected chi connectivity index (χ4v) is 2.40. The van der Waals surface area contributed by atoms with E-state index in [4.69, 9.17) is 16.3 Å². The van der Waals surface area contributed by atoms with E-state index < -0.39 is 0 Å². The molecule has 1 saturated heterocycles. The first-order valence-corrected chi connectivity index (χ1v) is 7.14. The van der Waals surface area contributed by atoms with Crippen LogP contribution in [0.5, 0.6) is 0 Å². The van der Waals surface area contributed by atoms with Gasteiger partial charge in [-0.2, -0.15) is 0 Å². The summed E-state index contributed by atoms with van der Waals surface area (Å²) in [6.45, 7) is 2.63. The van der Waals surface area contributed by atoms with Crippen LogP contribution < -0.4 is 5.32 Å². The highest BCUT2D eigenvalue weighted by Crippen LogP contribution is 2.12. The quantitative estimate of drug-likeness (QED) is 0.644. The second-order valence-corrected chi connectivity index (χ2v) is 5.22. The fraction of sp³-hybridized carbons (Fsp3) is 0.643. The predicted molar refractivity (Wildman–Crippen MR) is 81.0 cm³/mol. The monoisotopic (exact) mass is 304 g/mol. The maximum Gasteiger partial charge on any atom is 0.129 e. The third-order valence-corrected chi connectivity index (χ3v) is 3.53. The average molecular weight is 305 g/mol. The molecule has 1 fully saturated rings. The third kappa shape index (κ3) is 6.57. The molecule has 3 nitrogen and oxygen atoms in total. The Hall–Kier alpha value is -0.350. The van der Waals surface area contributed by atoms with Gasteiger partial charge in [0.25, 0.3) is 0 Å². The third-order valence-electron chi connectivity index (χ3n) is 3.31. The van der Waals surface area contributed by atoms with Crippen LogP contribution in [-0.2, 0) is 11.3 Å². The van der Waals surface area contributed by atoms with Gasteiger partial charge in [0.05, 0.1) is 6.61 Å². The van der Waals surface area contributed by atoms with Crippen molar-refractivity contribution >= 4 is 24.0 Å². The molecule has 0 bridgehead atoms. The molecule has 0 amide bonds. The molecular weight excluding hydrogens is 283 g/mol. The maximum absolute atomic E-state index is 5.72. The summed E-state index contributed by atoms with van der Waals surface area (Å²) in [5, 5.41) is 4.08. The van der Waals surface area contributed by atoms with Crippen LogP contribution in [0.4, 0.5) is 0 Å². The van der Waals surface area contributed by atoms with E-state index >= 15 is 0 Å². The average Bonchev–Trinajstić information content (AvgIpc) is 2.42. The van der Waals surface area contributed by atoms with Crippen molar-refractivity contribution in [2.45, 2.75) is 44.8 Å². The van der Waals surface area contributed by atoms with E-state index in [2.05, 4.69) is 10.3 Å². The molecule has 0 aliphatic carbocycles. The van der Waals surface area contributed by atoms with Crippen LogP contribution >= 0.6 is 24.0 Å². The zero-order valence-corrected chi connectivity index (χ0v) is 12.7. The number of hydrogen-bond donors (Lipinski definition) is 1. The number of piperidine rings is 1. The van der Waals surface area contributed by atoms with E-state index in [0.717, 1.165) is 18.6 Å². The van der Waals surface area contributed by atoms with Gasteiger partial charge in [0.1, 0.15) is 5.15 Å². The summed E-state index contributed by atoms with van der Waals surface area (Å²) in [7, 11) is 0. The van der Waals surface area contributed by atoms with Gasteiger partial charge in [-0.1, -0.05) is 24.1 Å². The molecule has 1 atom stereocenters. The van der Waals surface area contributed by atoms with Crippen molar-refractivity contribution in [3.8, 4) is 0 Å². The lowest BCUT2D eigenvalue weighted by Crippen LogP contribution is -2.33. The first-order valence-electron chi connectivity index (χ1n) is 6.76. The highest BCUT2D eigenvalue weighted by molar-refractivity contribution is 6.29. The maximum atomic E-state index is 5.72. The van der Waals surface area contributed by atoms with Crippen LogP contribution in [0.1, 0.15) is 37.7 Å². The number of aromatic nitrogens is 1. The van der Waals surface area contributed by atoms with Crippen LogP contribution in [0.25, 0.3) is 0 Å². The zero-order chi connectivity index (χ0) is 12.6. The van der Waals surface area contributed by atoms with Crippen molar-refractivity contribution in [2.75, 3.05) is 13.2 Å². The van der Waals surface area contributed by atoms with E-state index in [-0.39, 0.29) is 12.4 Å². The summed E-state index contributed by atoms with van der Waals surface area (Å²) < 4.78 is 5.64. The number of halogens is 2. The van der Waals surface area contributed by atoms with E-state index in [1.807, 2.05) is 6.07 Å². The van der Waals surface area contributed by atoms with Crippen molar-refractivity contribution < 1.29 is 4.74 Å². The molecule has 108 valence electrons. The van der Waals surface area contributed by atoms with Crippen molar-refractivity contribution in [1.29, 1.82) is 0 Å². The predicted octanol–water partition coefficient (Wildman–Crippen LogP) is 3.60. The first kappa shape index (κ1) is 16.7. The number of hydrogen-bond acceptors (Lipinski definition) is 3. The molecule has 1 aromatic rings. The van der Waals surface area contributed by atoms with Crippen molar-refractivity contribution in [1.82, 2.24) is 10.3 Å². The molecule has 0 radical (unpaired) electrons. The Balaban J connectivity index is 0.00000180. The Morgan fingerprint density at radius 1 is 1.37 bits per heavy atom. The molecule has 0 saturated carbocycles. The molecule has 5 heteroatoms. The lowest BCUT2D eigenvalue weighted by atomic mass is 10.0. The van der Waals surface area contributed by atoms with E-state index in [0.29, 0.717) is 17.8 Å². The van der Waals surface area contributed by atoms with Crippen LogP contribution in [0, 0.1) is 0 Å².